The van der Waals surface area contributed by atoms with Crippen LogP contribution in [0.3, 0.4) is 0 Å². The van der Waals surface area contributed by atoms with E-state index in [2.05, 4.69) is 0 Å². The summed E-state index contributed by atoms with van der Waals surface area (Å²) < 4.78 is 81.6. The Balaban J connectivity index is 1.34. The van der Waals surface area contributed by atoms with Gasteiger partial charge in [0.15, 0.2) is 49.9 Å². The molecule has 0 aromatic carbocycles. The molecule has 6 aliphatic rings. The molecule has 79 heavy (non-hydrogen) atoms. The second-order valence-corrected chi connectivity index (χ2v) is 20.8. The number of ether oxygens (including phenoxy) is 14. The van der Waals surface area contributed by atoms with Gasteiger partial charge in [0.1, 0.15) is 116 Å². The molecule has 0 aromatic heterocycles. The molecule has 6 saturated heterocycles. The summed E-state index contributed by atoms with van der Waals surface area (Å²) in [5.74, 6) is -4.05. The third-order valence-corrected chi connectivity index (χ3v) is 15.2. The number of esters is 2. The summed E-state index contributed by atoms with van der Waals surface area (Å²) in [6, 6.07) is 0. The van der Waals surface area contributed by atoms with Crippen molar-refractivity contribution >= 4 is 11.9 Å². The van der Waals surface area contributed by atoms with Gasteiger partial charge in [-0.15, -0.1) is 0 Å². The molecule has 32 heteroatoms. The van der Waals surface area contributed by atoms with E-state index in [-0.39, 0.29) is 0 Å². The number of aliphatic hydroxyl groups is 16. The SMILES string of the molecule is CO[C@H]1O[C@H](CO)[C@H](O)[C@H](O)[C@H]1O[C@@H]1O[C@H](CO)[C@@H](O)[C@H](O)[C@H]1O[C@@H]1O[C@@H](C)[C@H](O[C@@H]2O[C@H](C)[C@@H](OC(=O)[C@H](C)[C@@H](C)O)[C@H](O)[C@H]2O)[C@@H](O[C@@H]2O[C@H](CO)[C@@H](O)[C@H](O)[C@H]2O[C@@H]2O[C@H](C)[C@@H](OC(=O)[C@H](C)[C@@H](C)O)[C@H](O)[C@H]2O)[C@H]1O. The summed E-state index contributed by atoms with van der Waals surface area (Å²) in [6.45, 7) is 6.62. The zero-order chi connectivity index (χ0) is 58.8. The van der Waals surface area contributed by atoms with E-state index in [4.69, 9.17) is 66.3 Å². The van der Waals surface area contributed by atoms with E-state index in [1.165, 1.54) is 48.5 Å². The molecular weight excluding hydrogens is 1080 g/mol. The van der Waals surface area contributed by atoms with E-state index in [1.807, 2.05) is 0 Å². The van der Waals surface area contributed by atoms with Gasteiger partial charge < -0.3 is 148 Å². The molecule has 0 bridgehead atoms. The molecule has 34 atom stereocenters. The standard InChI is InChI=1S/C47H80O32/c1-12(14(3)51)40(64)73-33-16(5)67-42(30(61)28(33)59)75-35-18(7)69-44(78-39-27(58)24(55)21(11-50)72-47(39)79-37-25(56)22(53)19(9-48)70-45(37)66-8)32(63)36(35)76-46-38(26(57)23(54)20(10-49)71-46)77-43-31(62)29(60)34(17(6)68-43)74-41(65)13(2)15(4)52/h12-39,42-63H,9-11H2,1-8H3/t12-,13-,14-,15-,16-,17-,18+,19-,20-,21-,22+,23-,24-,25+,26+,27+,28-,29-,30-,31-,32-,33-,34-,35+,36+,37-,38-,39-,42+,43+,44+,45+,46+,47+/m1/s1. The van der Waals surface area contributed by atoms with Crippen molar-refractivity contribution in [1.82, 2.24) is 0 Å². The molecule has 0 aromatic rings. The van der Waals surface area contributed by atoms with Crippen LogP contribution in [0, 0.1) is 11.8 Å². The lowest BCUT2D eigenvalue weighted by Crippen LogP contribution is -2.69. The molecule has 6 fully saturated rings. The van der Waals surface area contributed by atoms with Crippen molar-refractivity contribution in [2.24, 2.45) is 11.8 Å². The number of hydrogen-bond acceptors (Lipinski definition) is 32. The molecule has 0 spiro atoms. The largest absolute Gasteiger partial charge is 0.456 e. The van der Waals surface area contributed by atoms with Gasteiger partial charge in [-0.05, 0) is 48.5 Å². The molecule has 6 heterocycles. The third kappa shape index (κ3) is 14.3. The van der Waals surface area contributed by atoms with Crippen LogP contribution in [-0.4, -0.2) is 317 Å². The fourth-order valence-corrected chi connectivity index (χ4v) is 9.67. The number of hydrogen-bond donors (Lipinski definition) is 16. The first-order chi connectivity index (χ1) is 37.1. The normalized spacial score (nSPS) is 48.6. The van der Waals surface area contributed by atoms with Crippen molar-refractivity contribution in [2.45, 2.75) is 245 Å². The first kappa shape index (κ1) is 66.0. The highest BCUT2D eigenvalue weighted by molar-refractivity contribution is 5.73. The highest BCUT2D eigenvalue weighted by atomic mass is 16.8. The van der Waals surface area contributed by atoms with Crippen LogP contribution in [-0.2, 0) is 75.9 Å². The van der Waals surface area contributed by atoms with Crippen LogP contribution >= 0.6 is 0 Å². The van der Waals surface area contributed by atoms with Crippen LogP contribution in [0.4, 0.5) is 0 Å². The zero-order valence-electron chi connectivity index (χ0n) is 44.4. The average molecular weight is 1160 g/mol. The summed E-state index contributed by atoms with van der Waals surface area (Å²) in [4.78, 5) is 25.6. The maximum atomic E-state index is 12.8. The number of rotatable bonds is 20. The second kappa shape index (κ2) is 28.1. The monoisotopic (exact) mass is 1160 g/mol. The first-order valence-electron chi connectivity index (χ1n) is 25.9. The van der Waals surface area contributed by atoms with Gasteiger partial charge in [-0.3, -0.25) is 9.59 Å². The van der Waals surface area contributed by atoms with E-state index in [1.54, 1.807) is 0 Å². The van der Waals surface area contributed by atoms with Gasteiger partial charge in [0, 0.05) is 7.11 Å². The summed E-state index contributed by atoms with van der Waals surface area (Å²) in [6.07, 6.45) is -57.6. The quantitative estimate of drug-likeness (QED) is 0.0503. The fraction of sp³-hybridized carbons (Fsp3) is 0.957. The Kier molecular flexibility index (Phi) is 23.5. The Morgan fingerprint density at radius 2 is 0.646 bits per heavy atom. The summed E-state index contributed by atoms with van der Waals surface area (Å²) in [5, 5.41) is 175. The van der Waals surface area contributed by atoms with Crippen molar-refractivity contribution in [3.05, 3.63) is 0 Å². The van der Waals surface area contributed by atoms with Crippen LogP contribution < -0.4 is 0 Å². The Labute approximate surface area is 452 Å². The summed E-state index contributed by atoms with van der Waals surface area (Å²) in [5.41, 5.74) is 0. The van der Waals surface area contributed by atoms with E-state index in [9.17, 15) is 91.3 Å². The van der Waals surface area contributed by atoms with Crippen LogP contribution in [0.2, 0.25) is 0 Å². The van der Waals surface area contributed by atoms with Crippen LogP contribution in [0.5, 0.6) is 0 Å². The van der Waals surface area contributed by atoms with Crippen molar-refractivity contribution in [3.8, 4) is 0 Å². The average Bonchev–Trinajstić information content (AvgIpc) is 3.46. The van der Waals surface area contributed by atoms with Crippen LogP contribution in [0.25, 0.3) is 0 Å². The Morgan fingerprint density at radius 3 is 0.987 bits per heavy atom. The Morgan fingerprint density at radius 1 is 0.367 bits per heavy atom. The van der Waals surface area contributed by atoms with E-state index in [0.717, 1.165) is 7.11 Å². The predicted molar refractivity (Wildman–Crippen MR) is 249 cm³/mol. The molecule has 0 saturated carbocycles. The maximum Gasteiger partial charge on any atom is 0.311 e. The highest BCUT2D eigenvalue weighted by Gasteiger charge is 2.59. The summed E-state index contributed by atoms with van der Waals surface area (Å²) in [7, 11) is 1.13. The Bertz CT molecular complexity index is 1910. The van der Waals surface area contributed by atoms with E-state index < -0.39 is 240 Å². The lowest BCUT2D eigenvalue weighted by molar-refractivity contribution is -0.413. The molecule has 0 amide bonds. The minimum Gasteiger partial charge on any atom is -0.456 e. The number of methoxy groups -OCH3 is 1. The summed E-state index contributed by atoms with van der Waals surface area (Å²) >= 11 is 0. The molecular formula is C47H80O32. The lowest BCUT2D eigenvalue weighted by atomic mass is 9.95. The smallest absolute Gasteiger partial charge is 0.311 e. The molecule has 0 radical (unpaired) electrons. The topological polar surface area (TPSA) is 487 Å². The van der Waals surface area contributed by atoms with Crippen molar-refractivity contribution in [2.75, 3.05) is 26.9 Å². The number of aliphatic hydroxyl groups excluding tert-OH is 16. The molecule has 0 aliphatic carbocycles. The van der Waals surface area contributed by atoms with E-state index >= 15 is 0 Å². The Hall–Kier alpha value is -2.18. The predicted octanol–water partition coefficient (Wildman–Crippen LogP) is -9.23. The number of carbonyl (C=O) groups excluding carboxylic acids is 2. The lowest BCUT2D eigenvalue weighted by Gasteiger charge is -2.51. The van der Waals surface area contributed by atoms with Crippen LogP contribution in [0.15, 0.2) is 0 Å². The maximum absolute atomic E-state index is 12.8. The minimum absolute atomic E-state index is 0.773. The second-order valence-electron chi connectivity index (χ2n) is 20.8. The van der Waals surface area contributed by atoms with E-state index in [0.29, 0.717) is 0 Å². The molecule has 6 aliphatic heterocycles. The molecule has 32 nitrogen and oxygen atoms in total. The van der Waals surface area contributed by atoms with Crippen molar-refractivity contribution < 1.29 is 158 Å². The molecule has 460 valence electrons. The van der Waals surface area contributed by atoms with Gasteiger partial charge in [-0.1, -0.05) is 0 Å². The van der Waals surface area contributed by atoms with Gasteiger partial charge in [-0.2, -0.15) is 0 Å². The van der Waals surface area contributed by atoms with Gasteiger partial charge in [0.2, 0.25) is 0 Å². The van der Waals surface area contributed by atoms with Gasteiger partial charge in [0.05, 0.1) is 62.2 Å². The minimum atomic E-state index is -2.29. The van der Waals surface area contributed by atoms with Gasteiger partial charge >= 0.3 is 11.9 Å². The van der Waals surface area contributed by atoms with Crippen molar-refractivity contribution in [1.29, 1.82) is 0 Å². The molecule has 0 unspecified atom stereocenters. The van der Waals surface area contributed by atoms with Gasteiger partial charge in [0.25, 0.3) is 0 Å². The zero-order valence-corrected chi connectivity index (χ0v) is 44.4. The molecule has 6 rings (SSSR count). The third-order valence-electron chi connectivity index (χ3n) is 15.2. The number of carbonyl (C=O) groups is 2. The fourth-order valence-electron chi connectivity index (χ4n) is 9.67. The molecule has 16 N–H and O–H groups in total. The van der Waals surface area contributed by atoms with Crippen molar-refractivity contribution in [3.63, 3.8) is 0 Å². The highest BCUT2D eigenvalue weighted by Crippen LogP contribution is 2.39. The van der Waals surface area contributed by atoms with Gasteiger partial charge in [-0.25, -0.2) is 0 Å². The first-order valence-corrected chi connectivity index (χ1v) is 25.9. The van der Waals surface area contributed by atoms with Crippen LogP contribution in [0.1, 0.15) is 48.5 Å².